The van der Waals surface area contributed by atoms with Crippen molar-refractivity contribution in [2.45, 2.75) is 13.3 Å². The largest absolute Gasteiger partial charge is 0.476 e. The van der Waals surface area contributed by atoms with Gasteiger partial charge in [-0.05, 0) is 0 Å². The van der Waals surface area contributed by atoms with Gasteiger partial charge < -0.3 is 10.4 Å². The van der Waals surface area contributed by atoms with Gasteiger partial charge in [0.2, 0.25) is 0 Å². The van der Waals surface area contributed by atoms with Crippen LogP contribution < -0.4 is 5.32 Å². The number of aromatic carboxylic acids is 1. The van der Waals surface area contributed by atoms with Gasteiger partial charge in [-0.1, -0.05) is 11.3 Å². The maximum absolute atomic E-state index is 11.3. The summed E-state index contributed by atoms with van der Waals surface area (Å²) in [7, 11) is 0. The van der Waals surface area contributed by atoms with E-state index >= 15 is 0 Å². The third-order valence-electron chi connectivity index (χ3n) is 2.25. The van der Waals surface area contributed by atoms with Crippen LogP contribution in [0.15, 0.2) is 11.6 Å². The van der Waals surface area contributed by atoms with Crippen molar-refractivity contribution in [3.05, 3.63) is 27.2 Å². The van der Waals surface area contributed by atoms with Crippen LogP contribution in [-0.2, 0) is 6.42 Å². The summed E-state index contributed by atoms with van der Waals surface area (Å²) in [6.07, 6.45) is 2.47. The molecular weight excluding hydrogens is 286 g/mol. The van der Waals surface area contributed by atoms with Crippen LogP contribution in [0, 0.1) is 0 Å². The zero-order chi connectivity index (χ0) is 13.8. The molecular formula is C11H11N3O3S2. The summed E-state index contributed by atoms with van der Waals surface area (Å²) in [6, 6.07) is 0. The Bertz CT molecular complexity index is 561. The second-order valence-corrected chi connectivity index (χ2v) is 5.64. The van der Waals surface area contributed by atoms with Gasteiger partial charge in [-0.15, -0.1) is 11.3 Å². The number of carbonyl (C=O) groups excluding carboxylic acids is 1. The van der Waals surface area contributed by atoms with E-state index in [-0.39, 0.29) is 16.4 Å². The van der Waals surface area contributed by atoms with Crippen molar-refractivity contribution >= 4 is 39.6 Å². The van der Waals surface area contributed by atoms with Crippen LogP contribution >= 0.6 is 22.7 Å². The monoisotopic (exact) mass is 297 g/mol. The van der Waals surface area contributed by atoms with E-state index in [1.165, 1.54) is 6.92 Å². The van der Waals surface area contributed by atoms with E-state index in [0.29, 0.717) is 11.7 Å². The van der Waals surface area contributed by atoms with Crippen LogP contribution in [0.5, 0.6) is 0 Å². The first-order valence-electron chi connectivity index (χ1n) is 5.45. The Morgan fingerprint density at radius 3 is 2.79 bits per heavy atom. The number of Topliss-reactive ketones (excluding diaryl/α,β-unsaturated/α-hetero) is 1. The zero-order valence-electron chi connectivity index (χ0n) is 10.0. The lowest BCUT2D eigenvalue weighted by Crippen LogP contribution is -2.06. The van der Waals surface area contributed by atoms with Gasteiger partial charge >= 0.3 is 5.97 Å². The highest BCUT2D eigenvalue weighted by Gasteiger charge is 2.20. The first-order valence-corrected chi connectivity index (χ1v) is 7.15. The summed E-state index contributed by atoms with van der Waals surface area (Å²) in [5.41, 5.74) is -0.186. The van der Waals surface area contributed by atoms with Gasteiger partial charge in [0.1, 0.15) is 4.88 Å². The molecule has 0 aliphatic heterocycles. The predicted molar refractivity (Wildman–Crippen MR) is 73.4 cm³/mol. The summed E-state index contributed by atoms with van der Waals surface area (Å²) < 4.78 is 0. The Hall–Kier alpha value is -1.80. The molecule has 0 aliphatic carbocycles. The molecule has 0 aliphatic rings. The smallest absolute Gasteiger partial charge is 0.356 e. The van der Waals surface area contributed by atoms with Crippen molar-refractivity contribution < 1.29 is 14.7 Å². The molecule has 6 nitrogen and oxygen atoms in total. The van der Waals surface area contributed by atoms with E-state index in [9.17, 15) is 9.59 Å². The minimum Gasteiger partial charge on any atom is -0.476 e. The fraction of sp³-hybridized carbons (Fsp3) is 0.273. The summed E-state index contributed by atoms with van der Waals surface area (Å²) >= 11 is 2.62. The maximum atomic E-state index is 11.3. The van der Waals surface area contributed by atoms with Crippen molar-refractivity contribution in [3.63, 3.8) is 0 Å². The molecule has 0 bridgehead atoms. The number of carboxylic acids is 1. The number of carboxylic acid groups (broad SMARTS) is 1. The molecule has 19 heavy (non-hydrogen) atoms. The van der Waals surface area contributed by atoms with Crippen LogP contribution in [0.4, 0.5) is 5.13 Å². The highest BCUT2D eigenvalue weighted by Crippen LogP contribution is 2.23. The molecule has 0 spiro atoms. The lowest BCUT2D eigenvalue weighted by Gasteiger charge is -1.99. The van der Waals surface area contributed by atoms with Crippen molar-refractivity contribution in [2.75, 3.05) is 11.9 Å². The van der Waals surface area contributed by atoms with Crippen molar-refractivity contribution in [3.8, 4) is 0 Å². The average Bonchev–Trinajstić information content (AvgIpc) is 2.97. The van der Waals surface area contributed by atoms with Crippen LogP contribution in [-0.4, -0.2) is 33.4 Å². The minimum atomic E-state index is -1.19. The topological polar surface area (TPSA) is 92.2 Å². The standard InChI is InChI=1S/C11H11N3O3S2/c1-6(15)9-8(10(16)17)14-11(19-9)13-3-2-7-12-4-5-18-7/h4-5H,2-3H2,1H3,(H,13,14)(H,16,17). The molecule has 100 valence electrons. The van der Waals surface area contributed by atoms with Crippen LogP contribution in [0.25, 0.3) is 0 Å². The fourth-order valence-electron chi connectivity index (χ4n) is 1.43. The van der Waals surface area contributed by atoms with Crippen molar-refractivity contribution in [1.82, 2.24) is 9.97 Å². The lowest BCUT2D eigenvalue weighted by atomic mass is 10.3. The molecule has 2 rings (SSSR count). The second-order valence-electron chi connectivity index (χ2n) is 3.66. The number of nitrogens with zero attached hydrogens (tertiary/aromatic N) is 2. The number of rotatable bonds is 6. The van der Waals surface area contributed by atoms with E-state index in [0.717, 1.165) is 22.8 Å². The van der Waals surface area contributed by atoms with Crippen LogP contribution in [0.2, 0.25) is 0 Å². The minimum absolute atomic E-state index is 0.171. The van der Waals surface area contributed by atoms with E-state index in [4.69, 9.17) is 5.11 Å². The number of carbonyl (C=O) groups is 2. The summed E-state index contributed by atoms with van der Waals surface area (Å²) in [5, 5.41) is 15.3. The van der Waals surface area contributed by atoms with Gasteiger partial charge in [0.25, 0.3) is 0 Å². The second kappa shape index (κ2) is 5.89. The number of hydrogen-bond donors (Lipinski definition) is 2. The lowest BCUT2D eigenvalue weighted by molar-refractivity contribution is 0.0687. The van der Waals surface area contributed by atoms with Gasteiger partial charge in [-0.25, -0.2) is 14.8 Å². The summed E-state index contributed by atoms with van der Waals surface area (Å²) in [4.78, 5) is 30.5. The van der Waals surface area contributed by atoms with Gasteiger partial charge in [-0.3, -0.25) is 4.79 Å². The third-order valence-corrected chi connectivity index (χ3v) is 4.20. The van der Waals surface area contributed by atoms with E-state index in [2.05, 4.69) is 15.3 Å². The Kier molecular flexibility index (Phi) is 4.23. The van der Waals surface area contributed by atoms with E-state index in [1.54, 1.807) is 17.5 Å². The molecule has 0 aromatic carbocycles. The molecule has 2 aromatic rings. The number of hydrogen-bond acceptors (Lipinski definition) is 7. The molecule has 2 aromatic heterocycles. The van der Waals surface area contributed by atoms with Crippen LogP contribution in [0.1, 0.15) is 32.1 Å². The molecule has 2 heterocycles. The van der Waals surface area contributed by atoms with Crippen molar-refractivity contribution in [1.29, 1.82) is 0 Å². The number of nitrogens with one attached hydrogen (secondary N) is 1. The third kappa shape index (κ3) is 3.36. The number of thiazole rings is 2. The first kappa shape index (κ1) is 13.6. The molecule has 2 N–H and O–H groups in total. The number of aromatic nitrogens is 2. The quantitative estimate of drug-likeness (QED) is 0.794. The Morgan fingerprint density at radius 1 is 1.47 bits per heavy atom. The molecule has 0 fully saturated rings. The first-order chi connectivity index (χ1) is 9.08. The summed E-state index contributed by atoms with van der Waals surface area (Å²) in [6.45, 7) is 1.93. The highest BCUT2D eigenvalue weighted by molar-refractivity contribution is 7.17. The molecule has 0 atom stereocenters. The van der Waals surface area contributed by atoms with E-state index < -0.39 is 5.97 Å². The normalized spacial score (nSPS) is 10.4. The molecule has 0 unspecified atom stereocenters. The maximum Gasteiger partial charge on any atom is 0.356 e. The molecule has 0 amide bonds. The Labute approximate surface area is 117 Å². The van der Waals surface area contributed by atoms with Crippen LogP contribution in [0.3, 0.4) is 0 Å². The number of anilines is 1. The Balaban J connectivity index is 2.02. The molecule has 0 saturated heterocycles. The zero-order valence-corrected chi connectivity index (χ0v) is 11.7. The molecule has 0 saturated carbocycles. The van der Waals surface area contributed by atoms with Crippen molar-refractivity contribution in [2.24, 2.45) is 0 Å². The SMILES string of the molecule is CC(=O)c1sc(NCCc2nccs2)nc1C(=O)O. The predicted octanol–water partition coefficient (Wildman–Crippen LogP) is 2.15. The molecule has 8 heteroatoms. The highest BCUT2D eigenvalue weighted by atomic mass is 32.1. The summed E-state index contributed by atoms with van der Waals surface area (Å²) in [5.74, 6) is -1.47. The average molecular weight is 297 g/mol. The Morgan fingerprint density at radius 2 is 2.26 bits per heavy atom. The van der Waals surface area contributed by atoms with Gasteiger partial charge in [0.15, 0.2) is 16.6 Å². The van der Waals surface area contributed by atoms with Gasteiger partial charge in [0.05, 0.1) is 5.01 Å². The van der Waals surface area contributed by atoms with Gasteiger partial charge in [0, 0.05) is 31.5 Å². The fourth-order valence-corrected chi connectivity index (χ4v) is 2.93. The number of ketones is 1. The van der Waals surface area contributed by atoms with E-state index in [1.807, 2.05) is 5.38 Å². The van der Waals surface area contributed by atoms with Gasteiger partial charge in [-0.2, -0.15) is 0 Å². The molecule has 0 radical (unpaired) electrons.